The van der Waals surface area contributed by atoms with Crippen molar-refractivity contribution in [2.45, 2.75) is 6.92 Å². The second-order valence-electron chi connectivity index (χ2n) is 8.32. The Labute approximate surface area is 209 Å². The number of fused-ring (bicyclic) bond motifs is 1. The van der Waals surface area contributed by atoms with Gasteiger partial charge in [0.2, 0.25) is 4.96 Å². The first-order valence-corrected chi connectivity index (χ1v) is 12.1. The molecule has 0 N–H and O–H groups in total. The summed E-state index contributed by atoms with van der Waals surface area (Å²) in [4.78, 5) is 30.3. The van der Waals surface area contributed by atoms with Gasteiger partial charge in [-0.05, 0) is 25.1 Å². The molecule has 3 aromatic carbocycles. The average molecular weight is 490 g/mol. The highest BCUT2D eigenvalue weighted by molar-refractivity contribution is 7.15. The highest BCUT2D eigenvalue weighted by Crippen LogP contribution is 2.25. The molecule has 0 bridgehead atoms. The first-order valence-electron chi connectivity index (χ1n) is 11.3. The third-order valence-electron chi connectivity index (χ3n) is 5.81. The largest absolute Gasteiger partial charge is 0.300 e. The standard InChI is InChI=1S/C28H19N5O2S/c1-18-12-14-20(15-13-18)24-21(17-32(30-24)22-10-6-3-7-11-22)16-23-27(35)33-28(36-23)29-26(34)25(31-33)19-8-4-2-5-9-19/h2-17H,1H3/b23-16-. The highest BCUT2D eigenvalue weighted by Gasteiger charge is 2.15. The van der Waals surface area contributed by atoms with Gasteiger partial charge in [-0.15, -0.1) is 0 Å². The van der Waals surface area contributed by atoms with Crippen LogP contribution < -0.4 is 15.7 Å². The molecule has 8 heteroatoms. The van der Waals surface area contributed by atoms with Gasteiger partial charge in [-0.2, -0.15) is 19.7 Å². The summed E-state index contributed by atoms with van der Waals surface area (Å²) in [7, 11) is 0. The molecule has 0 aliphatic heterocycles. The van der Waals surface area contributed by atoms with Crippen LogP contribution in [0.2, 0.25) is 0 Å². The molecule has 6 rings (SSSR count). The maximum atomic E-state index is 13.3. The lowest BCUT2D eigenvalue weighted by Crippen LogP contribution is -2.26. The lowest BCUT2D eigenvalue weighted by molar-refractivity contribution is 0.873. The Kier molecular flexibility index (Phi) is 5.35. The molecule has 3 heterocycles. The van der Waals surface area contributed by atoms with Crippen LogP contribution in [0.25, 0.3) is 39.2 Å². The van der Waals surface area contributed by atoms with Crippen molar-refractivity contribution in [3.05, 3.63) is 127 Å². The molecule has 36 heavy (non-hydrogen) atoms. The van der Waals surface area contributed by atoms with Crippen LogP contribution in [0.15, 0.2) is 101 Å². The van der Waals surface area contributed by atoms with Crippen LogP contribution in [-0.4, -0.2) is 24.4 Å². The van der Waals surface area contributed by atoms with Crippen LogP contribution >= 0.6 is 11.3 Å². The summed E-state index contributed by atoms with van der Waals surface area (Å²) < 4.78 is 3.42. The summed E-state index contributed by atoms with van der Waals surface area (Å²) >= 11 is 1.13. The van der Waals surface area contributed by atoms with Gasteiger partial charge in [0, 0.05) is 22.9 Å². The van der Waals surface area contributed by atoms with E-state index in [-0.39, 0.29) is 16.2 Å². The first kappa shape index (κ1) is 21.8. The van der Waals surface area contributed by atoms with Crippen molar-refractivity contribution < 1.29 is 0 Å². The molecule has 0 saturated carbocycles. The van der Waals surface area contributed by atoms with E-state index in [0.29, 0.717) is 10.1 Å². The zero-order valence-electron chi connectivity index (χ0n) is 19.2. The summed E-state index contributed by atoms with van der Waals surface area (Å²) in [5.74, 6) is 0. The number of para-hydroxylation sites is 1. The van der Waals surface area contributed by atoms with Gasteiger partial charge in [-0.3, -0.25) is 9.59 Å². The maximum Gasteiger partial charge on any atom is 0.300 e. The quantitative estimate of drug-likeness (QED) is 0.375. The van der Waals surface area contributed by atoms with Gasteiger partial charge >= 0.3 is 5.56 Å². The highest BCUT2D eigenvalue weighted by atomic mass is 32.1. The molecule has 0 saturated heterocycles. The van der Waals surface area contributed by atoms with Crippen LogP contribution in [0.3, 0.4) is 0 Å². The Morgan fingerprint density at radius 3 is 2.17 bits per heavy atom. The van der Waals surface area contributed by atoms with E-state index < -0.39 is 5.56 Å². The van der Waals surface area contributed by atoms with Crippen molar-refractivity contribution in [3.8, 4) is 28.2 Å². The molecular weight excluding hydrogens is 470 g/mol. The fraction of sp³-hybridized carbons (Fsp3) is 0.0357. The Bertz CT molecular complexity index is 1870. The summed E-state index contributed by atoms with van der Waals surface area (Å²) in [6.45, 7) is 2.03. The summed E-state index contributed by atoms with van der Waals surface area (Å²) in [6, 6.07) is 26.9. The van der Waals surface area contributed by atoms with Gasteiger partial charge in [0.05, 0.1) is 15.9 Å². The number of thiazole rings is 1. The Morgan fingerprint density at radius 1 is 0.778 bits per heavy atom. The molecule has 0 amide bonds. The van der Waals surface area contributed by atoms with Crippen molar-refractivity contribution in [2.75, 3.05) is 0 Å². The van der Waals surface area contributed by atoms with Crippen molar-refractivity contribution >= 4 is 22.4 Å². The summed E-state index contributed by atoms with van der Waals surface area (Å²) in [5.41, 5.74) is 4.48. The van der Waals surface area contributed by atoms with E-state index in [1.807, 2.05) is 85.9 Å². The second kappa shape index (κ2) is 8.83. The predicted molar refractivity (Wildman–Crippen MR) is 141 cm³/mol. The smallest absolute Gasteiger partial charge is 0.266 e. The summed E-state index contributed by atoms with van der Waals surface area (Å²) in [5, 5.41) is 9.18. The number of rotatable bonds is 4. The van der Waals surface area contributed by atoms with Crippen LogP contribution in [0, 0.1) is 6.92 Å². The number of benzene rings is 3. The fourth-order valence-electron chi connectivity index (χ4n) is 3.97. The molecule has 7 nitrogen and oxygen atoms in total. The maximum absolute atomic E-state index is 13.3. The van der Waals surface area contributed by atoms with Crippen molar-refractivity contribution in [2.24, 2.45) is 0 Å². The topological polar surface area (TPSA) is 82.2 Å². The molecule has 0 radical (unpaired) electrons. The molecule has 0 aliphatic carbocycles. The SMILES string of the molecule is Cc1ccc(-c2nn(-c3ccccc3)cc2/C=c2\sc3nc(=O)c(-c4ccccc4)nn3c2=O)cc1. The van der Waals surface area contributed by atoms with Crippen LogP contribution in [0.5, 0.6) is 0 Å². The van der Waals surface area contributed by atoms with Gasteiger partial charge in [0.15, 0.2) is 5.69 Å². The van der Waals surface area contributed by atoms with E-state index in [4.69, 9.17) is 5.10 Å². The first-order chi connectivity index (χ1) is 17.6. The second-order valence-corrected chi connectivity index (χ2v) is 9.33. The number of nitrogens with zero attached hydrogens (tertiary/aromatic N) is 5. The van der Waals surface area contributed by atoms with Gasteiger partial charge < -0.3 is 0 Å². The van der Waals surface area contributed by atoms with Crippen LogP contribution in [0.1, 0.15) is 11.1 Å². The number of aromatic nitrogens is 5. The average Bonchev–Trinajstić information content (AvgIpc) is 3.46. The predicted octanol–water partition coefficient (Wildman–Crippen LogP) is 3.89. The number of aryl methyl sites for hydroxylation is 1. The normalized spacial score (nSPS) is 11.9. The van der Waals surface area contributed by atoms with E-state index in [0.717, 1.165) is 39.4 Å². The monoisotopic (exact) mass is 489 g/mol. The van der Waals surface area contributed by atoms with Gasteiger partial charge in [0.25, 0.3) is 5.56 Å². The molecule has 0 atom stereocenters. The lowest BCUT2D eigenvalue weighted by Gasteiger charge is -2.01. The van der Waals surface area contributed by atoms with E-state index in [1.165, 1.54) is 4.52 Å². The molecule has 174 valence electrons. The summed E-state index contributed by atoms with van der Waals surface area (Å²) in [6.07, 6.45) is 3.69. The molecular formula is C28H19N5O2S. The molecule has 0 fully saturated rings. The Morgan fingerprint density at radius 2 is 1.44 bits per heavy atom. The third kappa shape index (κ3) is 3.93. The minimum atomic E-state index is -0.466. The molecule has 3 aromatic heterocycles. The zero-order chi connectivity index (χ0) is 24.6. The zero-order valence-corrected chi connectivity index (χ0v) is 20.0. The number of hydrogen-bond acceptors (Lipinski definition) is 6. The van der Waals surface area contributed by atoms with Crippen molar-refractivity contribution in [3.63, 3.8) is 0 Å². The van der Waals surface area contributed by atoms with E-state index in [9.17, 15) is 9.59 Å². The van der Waals surface area contributed by atoms with Crippen molar-refractivity contribution in [1.29, 1.82) is 0 Å². The van der Waals surface area contributed by atoms with Gasteiger partial charge in [0.1, 0.15) is 0 Å². The van der Waals surface area contributed by atoms with Crippen LogP contribution in [0.4, 0.5) is 0 Å². The molecule has 0 spiro atoms. The minimum Gasteiger partial charge on any atom is -0.266 e. The Hall–Kier alpha value is -4.69. The molecule has 0 aliphatic rings. The number of hydrogen-bond donors (Lipinski definition) is 0. The van der Waals surface area contributed by atoms with Gasteiger partial charge in [-0.25, -0.2) is 4.68 Å². The van der Waals surface area contributed by atoms with E-state index in [2.05, 4.69) is 10.1 Å². The fourth-order valence-corrected chi connectivity index (χ4v) is 4.86. The van der Waals surface area contributed by atoms with Crippen LogP contribution in [-0.2, 0) is 0 Å². The van der Waals surface area contributed by atoms with E-state index in [1.54, 1.807) is 22.9 Å². The Balaban J connectivity index is 1.55. The minimum absolute atomic E-state index is 0.145. The lowest BCUT2D eigenvalue weighted by atomic mass is 10.1. The molecule has 0 unspecified atom stereocenters. The van der Waals surface area contributed by atoms with E-state index >= 15 is 0 Å². The third-order valence-corrected chi connectivity index (χ3v) is 6.77. The molecule has 6 aromatic rings. The van der Waals surface area contributed by atoms with Crippen molar-refractivity contribution in [1.82, 2.24) is 24.4 Å². The van der Waals surface area contributed by atoms with Gasteiger partial charge in [-0.1, -0.05) is 89.7 Å².